The van der Waals surface area contributed by atoms with Gasteiger partial charge in [-0.25, -0.2) is 0 Å². The van der Waals surface area contributed by atoms with Crippen LogP contribution in [-0.4, -0.2) is 84.3 Å². The Morgan fingerprint density at radius 2 is 1.07 bits per heavy atom. The molecule has 0 amide bonds. The van der Waals surface area contributed by atoms with Gasteiger partial charge in [-0.3, -0.25) is 0 Å². The predicted octanol–water partition coefficient (Wildman–Crippen LogP) is 6.40. The summed E-state index contributed by atoms with van der Waals surface area (Å²) < 4.78 is 33.3. The second-order valence-electron chi connectivity index (χ2n) is 10.2. The molecule has 0 aliphatic heterocycles. The minimum absolute atomic E-state index is 0.278. The van der Waals surface area contributed by atoms with Crippen LogP contribution in [-0.2, 0) is 41.4 Å². The Morgan fingerprint density at radius 3 is 1.67 bits per heavy atom. The van der Waals surface area contributed by atoms with Crippen LogP contribution in [0.15, 0.2) is 48.5 Å². The average molecular weight is 590 g/mol. The fourth-order valence-electron chi connectivity index (χ4n) is 4.29. The van der Waals surface area contributed by atoms with Gasteiger partial charge >= 0.3 is 0 Å². The first-order valence-corrected chi connectivity index (χ1v) is 15.9. The van der Waals surface area contributed by atoms with E-state index in [2.05, 4.69) is 18.3 Å². The summed E-state index contributed by atoms with van der Waals surface area (Å²) in [6.07, 6.45) is 10.2. The van der Waals surface area contributed by atoms with Crippen LogP contribution in [0.5, 0.6) is 5.75 Å². The highest BCUT2D eigenvalue weighted by Gasteiger charge is 2.03. The SMILES string of the molecule is CCCCCCCCCc1ccc(O)c(NCCOCCOCCOCCOCCOCCOCc2ccccc2)c1. The van der Waals surface area contributed by atoms with Crippen molar-refractivity contribution >= 4 is 5.69 Å². The van der Waals surface area contributed by atoms with E-state index in [1.807, 2.05) is 36.4 Å². The van der Waals surface area contributed by atoms with Gasteiger partial charge in [0.2, 0.25) is 0 Å². The van der Waals surface area contributed by atoms with Crippen LogP contribution in [0.1, 0.15) is 63.0 Å². The van der Waals surface area contributed by atoms with Gasteiger partial charge in [-0.15, -0.1) is 0 Å². The van der Waals surface area contributed by atoms with Gasteiger partial charge in [0.15, 0.2) is 0 Å². The molecule has 0 aliphatic rings. The van der Waals surface area contributed by atoms with Crippen molar-refractivity contribution in [2.75, 3.05) is 84.5 Å². The minimum Gasteiger partial charge on any atom is -0.506 e. The molecule has 8 nitrogen and oxygen atoms in total. The maximum Gasteiger partial charge on any atom is 0.138 e. The summed E-state index contributed by atoms with van der Waals surface area (Å²) in [6.45, 7) is 9.37. The molecule has 0 bridgehead atoms. The molecule has 238 valence electrons. The van der Waals surface area contributed by atoms with Gasteiger partial charge in [-0.1, -0.05) is 81.8 Å². The van der Waals surface area contributed by atoms with Gasteiger partial charge in [0.1, 0.15) is 5.75 Å². The Kier molecular flexibility index (Phi) is 22.6. The van der Waals surface area contributed by atoms with Crippen LogP contribution in [0.25, 0.3) is 0 Å². The number of aromatic hydroxyl groups is 1. The number of anilines is 1. The molecule has 8 heteroatoms. The largest absolute Gasteiger partial charge is 0.506 e. The third-order valence-electron chi connectivity index (χ3n) is 6.66. The lowest BCUT2D eigenvalue weighted by Crippen LogP contribution is -2.15. The molecule has 42 heavy (non-hydrogen) atoms. The molecular weight excluding hydrogens is 534 g/mol. The monoisotopic (exact) mass is 589 g/mol. The minimum atomic E-state index is 0.278. The molecular formula is C34H55NO7. The van der Waals surface area contributed by atoms with Crippen molar-refractivity contribution in [1.29, 1.82) is 0 Å². The molecule has 0 atom stereocenters. The van der Waals surface area contributed by atoms with Crippen LogP contribution in [0.3, 0.4) is 0 Å². The fraction of sp³-hybridized carbons (Fsp3) is 0.647. The number of rotatable bonds is 29. The van der Waals surface area contributed by atoms with Crippen LogP contribution >= 0.6 is 0 Å². The first-order valence-electron chi connectivity index (χ1n) is 15.9. The molecule has 2 rings (SSSR count). The number of phenolic OH excluding ortho intramolecular Hbond substituents is 1. The number of hydrogen-bond donors (Lipinski definition) is 2. The third kappa shape index (κ3) is 19.8. The number of unbranched alkanes of at least 4 members (excludes halogenated alkanes) is 6. The molecule has 0 aromatic heterocycles. The van der Waals surface area contributed by atoms with Crippen molar-refractivity contribution in [3.8, 4) is 5.75 Å². The van der Waals surface area contributed by atoms with Crippen molar-refractivity contribution in [2.45, 2.75) is 64.9 Å². The van der Waals surface area contributed by atoms with E-state index < -0.39 is 0 Å². The number of benzene rings is 2. The van der Waals surface area contributed by atoms with Gasteiger partial charge in [0.25, 0.3) is 0 Å². The second-order valence-corrected chi connectivity index (χ2v) is 10.2. The topological polar surface area (TPSA) is 87.6 Å². The van der Waals surface area contributed by atoms with Gasteiger partial charge < -0.3 is 38.8 Å². The molecule has 0 aliphatic carbocycles. The highest BCUT2D eigenvalue weighted by atomic mass is 16.6. The Balaban J connectivity index is 1.30. The molecule has 2 N–H and O–H groups in total. The van der Waals surface area contributed by atoms with E-state index in [-0.39, 0.29) is 5.75 Å². The van der Waals surface area contributed by atoms with E-state index in [1.165, 1.54) is 50.5 Å². The van der Waals surface area contributed by atoms with Gasteiger partial charge in [0, 0.05) is 6.54 Å². The third-order valence-corrected chi connectivity index (χ3v) is 6.66. The maximum absolute atomic E-state index is 10.2. The molecule has 0 fully saturated rings. The smallest absolute Gasteiger partial charge is 0.138 e. The number of hydrogen-bond acceptors (Lipinski definition) is 8. The summed E-state index contributed by atoms with van der Waals surface area (Å²) in [4.78, 5) is 0. The normalized spacial score (nSPS) is 11.3. The summed E-state index contributed by atoms with van der Waals surface area (Å²) >= 11 is 0. The van der Waals surface area contributed by atoms with E-state index in [9.17, 15) is 5.11 Å². The van der Waals surface area contributed by atoms with Crippen LogP contribution in [0, 0.1) is 0 Å². The maximum atomic E-state index is 10.2. The predicted molar refractivity (Wildman–Crippen MR) is 168 cm³/mol. The molecule has 0 radical (unpaired) electrons. The summed E-state index contributed by atoms with van der Waals surface area (Å²) in [7, 11) is 0. The number of phenols is 1. The van der Waals surface area contributed by atoms with Gasteiger partial charge in [0.05, 0.1) is 85.0 Å². The Hall–Kier alpha value is -2.20. The van der Waals surface area contributed by atoms with E-state index >= 15 is 0 Å². The van der Waals surface area contributed by atoms with Gasteiger partial charge in [-0.05, 0) is 36.1 Å². The lowest BCUT2D eigenvalue weighted by Gasteiger charge is -2.11. The van der Waals surface area contributed by atoms with Crippen LogP contribution < -0.4 is 5.32 Å². The summed E-state index contributed by atoms with van der Waals surface area (Å²) in [5.41, 5.74) is 3.20. The van der Waals surface area contributed by atoms with Crippen molar-refractivity contribution in [3.63, 3.8) is 0 Å². The zero-order chi connectivity index (χ0) is 29.8. The zero-order valence-electron chi connectivity index (χ0n) is 25.9. The van der Waals surface area contributed by atoms with Crippen molar-refractivity contribution in [3.05, 3.63) is 59.7 Å². The molecule has 2 aromatic carbocycles. The van der Waals surface area contributed by atoms with Crippen LogP contribution in [0.4, 0.5) is 5.69 Å². The molecule has 0 heterocycles. The Bertz CT molecular complexity index is 868. The van der Waals surface area contributed by atoms with Crippen molar-refractivity contribution in [1.82, 2.24) is 0 Å². The molecule has 0 saturated heterocycles. The first kappa shape index (κ1) is 36.0. The van der Waals surface area contributed by atoms with Crippen molar-refractivity contribution < 1.29 is 33.5 Å². The Morgan fingerprint density at radius 1 is 0.548 bits per heavy atom. The number of aryl methyl sites for hydroxylation is 1. The lowest BCUT2D eigenvalue weighted by molar-refractivity contribution is -0.0173. The van der Waals surface area contributed by atoms with E-state index in [4.69, 9.17) is 28.4 Å². The van der Waals surface area contributed by atoms with E-state index in [0.717, 1.165) is 17.7 Å². The summed E-state index contributed by atoms with van der Waals surface area (Å²) in [5, 5.41) is 13.4. The van der Waals surface area contributed by atoms with E-state index in [0.29, 0.717) is 85.8 Å². The second kappa shape index (κ2) is 26.4. The Labute approximate surface area is 254 Å². The highest BCUT2D eigenvalue weighted by Crippen LogP contribution is 2.25. The molecule has 0 spiro atoms. The standard InChI is InChI=1S/C34H55NO7/c1-2-3-4-5-6-7-9-12-31-15-16-34(36)33(29-31)35-17-18-37-19-20-38-21-22-39-23-24-40-25-26-41-27-28-42-30-32-13-10-8-11-14-32/h8,10-11,13-16,29,35-36H,2-7,9,12,17-28,30H2,1H3. The highest BCUT2D eigenvalue weighted by molar-refractivity contribution is 5.57. The van der Waals surface area contributed by atoms with Crippen LogP contribution in [0.2, 0.25) is 0 Å². The summed E-state index contributed by atoms with van der Waals surface area (Å²) in [5.74, 6) is 0.278. The quantitative estimate of drug-likeness (QED) is 0.0833. The molecule has 0 saturated carbocycles. The fourth-order valence-corrected chi connectivity index (χ4v) is 4.29. The first-order chi connectivity index (χ1) is 20.8. The average Bonchev–Trinajstić information content (AvgIpc) is 3.01. The lowest BCUT2D eigenvalue weighted by atomic mass is 10.0. The molecule has 2 aromatic rings. The number of nitrogens with one attached hydrogen (secondary N) is 1. The van der Waals surface area contributed by atoms with Crippen molar-refractivity contribution in [2.24, 2.45) is 0 Å². The zero-order valence-corrected chi connectivity index (χ0v) is 25.9. The van der Waals surface area contributed by atoms with E-state index in [1.54, 1.807) is 6.07 Å². The summed E-state index contributed by atoms with van der Waals surface area (Å²) in [6, 6.07) is 16.0. The molecule has 0 unspecified atom stereocenters. The number of ether oxygens (including phenoxy) is 6. The van der Waals surface area contributed by atoms with Gasteiger partial charge in [-0.2, -0.15) is 0 Å².